The van der Waals surface area contributed by atoms with Gasteiger partial charge in [0.1, 0.15) is 6.61 Å². The third-order valence-corrected chi connectivity index (χ3v) is 4.96. The minimum absolute atomic E-state index is 0.0305. The van der Waals surface area contributed by atoms with E-state index in [2.05, 4.69) is 0 Å². The fraction of sp³-hybridized carbons (Fsp3) is 0.526. The molecular weight excluding hydrogens is 322 g/mol. The summed E-state index contributed by atoms with van der Waals surface area (Å²) in [6, 6.07) is 3.21. The summed E-state index contributed by atoms with van der Waals surface area (Å²) in [6.07, 6.45) is 5.41. The lowest BCUT2D eigenvalue weighted by atomic mass is 9.79. The molecule has 2 rings (SSSR count). The Kier molecular flexibility index (Phi) is 5.95. The van der Waals surface area contributed by atoms with Crippen molar-refractivity contribution in [2.24, 2.45) is 5.41 Å². The molecule has 2 atom stereocenters. The number of benzene rings is 1. The molecule has 25 heavy (non-hydrogen) atoms. The highest BCUT2D eigenvalue weighted by Gasteiger charge is 2.35. The van der Waals surface area contributed by atoms with Crippen molar-refractivity contribution in [3.8, 4) is 0 Å². The van der Waals surface area contributed by atoms with Gasteiger partial charge in [0.05, 0.1) is 22.0 Å². The maximum absolute atomic E-state index is 12.6. The number of aliphatic hydroxyl groups is 1. The summed E-state index contributed by atoms with van der Waals surface area (Å²) >= 11 is 0. The Hall–Kier alpha value is -2.21. The number of ether oxygens (including phenoxy) is 1. The second-order valence-corrected chi connectivity index (χ2v) is 7.03. The Labute approximate surface area is 147 Å². The smallest absolute Gasteiger partial charge is 0.312 e. The molecule has 0 unspecified atom stereocenters. The van der Waals surface area contributed by atoms with Gasteiger partial charge < -0.3 is 9.84 Å². The lowest BCUT2D eigenvalue weighted by Gasteiger charge is -2.29. The van der Waals surface area contributed by atoms with Crippen LogP contribution in [0.2, 0.25) is 0 Å². The van der Waals surface area contributed by atoms with Gasteiger partial charge in [-0.15, -0.1) is 0 Å². The molecule has 136 valence electrons. The molecule has 0 saturated carbocycles. The lowest BCUT2D eigenvalue weighted by Crippen LogP contribution is -2.31. The molecule has 0 fully saturated rings. The van der Waals surface area contributed by atoms with E-state index in [4.69, 9.17) is 4.74 Å². The van der Waals surface area contributed by atoms with Gasteiger partial charge in [0.2, 0.25) is 0 Å². The van der Waals surface area contributed by atoms with Crippen LogP contribution in [0.25, 0.3) is 0 Å². The number of esters is 1. The summed E-state index contributed by atoms with van der Waals surface area (Å²) in [5, 5.41) is 21.0. The average Bonchev–Trinajstić information content (AvgIpc) is 2.55. The lowest BCUT2D eigenvalue weighted by molar-refractivity contribution is -0.385. The number of rotatable bonds is 4. The summed E-state index contributed by atoms with van der Waals surface area (Å²) in [7, 11) is 0. The van der Waals surface area contributed by atoms with Crippen LogP contribution in [0, 0.1) is 29.4 Å². The quantitative estimate of drug-likeness (QED) is 0.388. The van der Waals surface area contributed by atoms with Crippen molar-refractivity contribution in [1.82, 2.24) is 0 Å². The number of nitro benzene ring substituents is 1. The summed E-state index contributed by atoms with van der Waals surface area (Å²) in [4.78, 5) is 23.4. The van der Waals surface area contributed by atoms with Crippen LogP contribution >= 0.6 is 0 Å². The molecule has 1 aliphatic carbocycles. The number of carbonyl (C=O) groups excluding carboxylic acids is 1. The van der Waals surface area contributed by atoms with Crippen LogP contribution in [0.1, 0.15) is 49.3 Å². The van der Waals surface area contributed by atoms with E-state index in [-0.39, 0.29) is 18.3 Å². The molecule has 0 radical (unpaired) electrons. The first-order chi connectivity index (χ1) is 11.7. The van der Waals surface area contributed by atoms with Gasteiger partial charge in [0.15, 0.2) is 0 Å². The van der Waals surface area contributed by atoms with Gasteiger partial charge in [0.25, 0.3) is 5.69 Å². The number of nitrogens with zero attached hydrogens (tertiary/aromatic N) is 1. The van der Waals surface area contributed by atoms with Crippen LogP contribution < -0.4 is 0 Å². The SMILES string of the molecule is Cc1cc(COC(=O)[C@]2(C)CC/C=C/[C@H](O)CC2)c([N+](=O)[O-])cc1C. The summed E-state index contributed by atoms with van der Waals surface area (Å²) in [6.45, 7) is 5.39. The maximum atomic E-state index is 12.6. The van der Waals surface area contributed by atoms with E-state index in [0.29, 0.717) is 31.2 Å². The zero-order valence-electron chi connectivity index (χ0n) is 14.9. The number of carbonyl (C=O) groups is 1. The maximum Gasteiger partial charge on any atom is 0.312 e. The van der Waals surface area contributed by atoms with Gasteiger partial charge in [-0.25, -0.2) is 0 Å². The van der Waals surface area contributed by atoms with Crippen molar-refractivity contribution in [1.29, 1.82) is 0 Å². The molecule has 1 aromatic carbocycles. The van der Waals surface area contributed by atoms with Crippen molar-refractivity contribution in [2.75, 3.05) is 0 Å². The molecule has 0 aromatic heterocycles. The molecule has 0 aliphatic heterocycles. The fourth-order valence-electron chi connectivity index (χ4n) is 3.01. The minimum Gasteiger partial charge on any atom is -0.460 e. The van der Waals surface area contributed by atoms with Crippen molar-refractivity contribution in [3.63, 3.8) is 0 Å². The Morgan fingerprint density at radius 2 is 2.04 bits per heavy atom. The van der Waals surface area contributed by atoms with E-state index in [1.54, 1.807) is 12.1 Å². The van der Waals surface area contributed by atoms with E-state index in [1.165, 1.54) is 6.07 Å². The molecule has 1 aliphatic rings. The van der Waals surface area contributed by atoms with Gasteiger partial charge in [-0.1, -0.05) is 12.2 Å². The zero-order chi connectivity index (χ0) is 18.6. The number of aryl methyl sites for hydroxylation is 2. The highest BCUT2D eigenvalue weighted by atomic mass is 16.6. The topological polar surface area (TPSA) is 89.7 Å². The molecule has 0 saturated heterocycles. The third-order valence-electron chi connectivity index (χ3n) is 4.96. The Balaban J connectivity index is 2.12. The van der Waals surface area contributed by atoms with Crippen molar-refractivity contribution < 1.29 is 19.6 Å². The second-order valence-electron chi connectivity index (χ2n) is 7.03. The van der Waals surface area contributed by atoms with Crippen molar-refractivity contribution >= 4 is 11.7 Å². The predicted octanol–water partition coefficient (Wildman–Crippen LogP) is 3.75. The van der Waals surface area contributed by atoms with Crippen LogP contribution in [0.5, 0.6) is 0 Å². The third kappa shape index (κ3) is 4.66. The van der Waals surface area contributed by atoms with E-state index in [1.807, 2.05) is 26.8 Å². The Morgan fingerprint density at radius 3 is 2.72 bits per heavy atom. The Morgan fingerprint density at radius 1 is 1.36 bits per heavy atom. The van der Waals surface area contributed by atoms with Gasteiger partial charge in [-0.3, -0.25) is 14.9 Å². The number of hydrogen-bond donors (Lipinski definition) is 1. The largest absolute Gasteiger partial charge is 0.460 e. The molecule has 0 amide bonds. The number of aliphatic hydroxyl groups excluding tert-OH is 1. The number of hydrogen-bond acceptors (Lipinski definition) is 5. The first kappa shape index (κ1) is 19.1. The minimum atomic E-state index is -0.694. The standard InChI is InChI=1S/C19H25NO5/c1-13-10-15(17(20(23)24)11-14(13)2)12-25-18(22)19(3)8-5-4-6-16(21)7-9-19/h4,6,10-11,16,21H,5,7-9,12H2,1-3H3/b6-4+/t16-,19+/m0/s1. The van der Waals surface area contributed by atoms with E-state index < -0.39 is 16.4 Å². The van der Waals surface area contributed by atoms with Crippen LogP contribution in [0.4, 0.5) is 5.69 Å². The normalized spacial score (nSPS) is 24.9. The second kappa shape index (κ2) is 7.78. The van der Waals surface area contributed by atoms with E-state index in [9.17, 15) is 20.0 Å². The number of allylic oxidation sites excluding steroid dienone is 1. The van der Waals surface area contributed by atoms with Crippen LogP contribution in [-0.2, 0) is 16.1 Å². The molecule has 0 bridgehead atoms. The van der Waals surface area contributed by atoms with Crippen molar-refractivity contribution in [2.45, 2.75) is 59.2 Å². The summed E-state index contributed by atoms with van der Waals surface area (Å²) in [5.74, 6) is -0.373. The molecule has 1 aromatic rings. The molecule has 6 nitrogen and oxygen atoms in total. The van der Waals surface area contributed by atoms with Crippen molar-refractivity contribution in [3.05, 3.63) is 51.1 Å². The molecule has 0 spiro atoms. The monoisotopic (exact) mass is 347 g/mol. The van der Waals surface area contributed by atoms with Crippen LogP contribution in [-0.4, -0.2) is 22.1 Å². The first-order valence-electron chi connectivity index (χ1n) is 8.49. The summed E-state index contributed by atoms with van der Waals surface area (Å²) in [5.41, 5.74) is 1.42. The van der Waals surface area contributed by atoms with E-state index >= 15 is 0 Å². The molecular formula is C19H25NO5. The first-order valence-corrected chi connectivity index (χ1v) is 8.49. The van der Waals surface area contributed by atoms with Crippen LogP contribution in [0.3, 0.4) is 0 Å². The highest BCUT2D eigenvalue weighted by molar-refractivity contribution is 5.76. The molecule has 0 heterocycles. The van der Waals surface area contributed by atoms with Gasteiger partial charge in [0, 0.05) is 6.07 Å². The van der Waals surface area contributed by atoms with Crippen LogP contribution in [0.15, 0.2) is 24.3 Å². The molecule has 6 heteroatoms. The average molecular weight is 347 g/mol. The van der Waals surface area contributed by atoms with E-state index in [0.717, 1.165) is 11.1 Å². The predicted molar refractivity (Wildman–Crippen MR) is 94.1 cm³/mol. The van der Waals surface area contributed by atoms with Gasteiger partial charge in [-0.05, 0) is 63.6 Å². The fourth-order valence-corrected chi connectivity index (χ4v) is 3.01. The van der Waals surface area contributed by atoms with Gasteiger partial charge in [-0.2, -0.15) is 0 Å². The molecule has 1 N–H and O–H groups in total. The highest BCUT2D eigenvalue weighted by Crippen LogP contribution is 2.34. The summed E-state index contributed by atoms with van der Waals surface area (Å²) < 4.78 is 5.44. The zero-order valence-corrected chi connectivity index (χ0v) is 14.9. The van der Waals surface area contributed by atoms with Gasteiger partial charge >= 0.3 is 5.97 Å². The number of nitro groups is 1. The Bertz CT molecular complexity index is 697.